The number of methoxy groups -OCH3 is 1. The molecule has 1 aromatic carbocycles. The summed E-state index contributed by atoms with van der Waals surface area (Å²) in [7, 11) is 1.19. The molecule has 0 bridgehead atoms. The van der Waals surface area contributed by atoms with E-state index in [4.69, 9.17) is 10.5 Å². The third kappa shape index (κ3) is 4.95. The first kappa shape index (κ1) is 22.8. The molecular weight excluding hydrogens is 388 g/mol. The van der Waals surface area contributed by atoms with Gasteiger partial charge in [0, 0.05) is 25.2 Å². The molecule has 0 saturated carbocycles. The molecule has 0 radical (unpaired) electrons. The summed E-state index contributed by atoms with van der Waals surface area (Å²) in [6, 6.07) is 1.73. The van der Waals surface area contributed by atoms with Gasteiger partial charge in [-0.3, -0.25) is 14.9 Å². The Morgan fingerprint density at radius 2 is 2.04 bits per heavy atom. The summed E-state index contributed by atoms with van der Waals surface area (Å²) in [5.74, 6) is -1.28. The normalized spacial score (nSPS) is 18.6. The van der Waals surface area contributed by atoms with E-state index in [1.807, 2.05) is 13.8 Å². The van der Waals surface area contributed by atoms with Gasteiger partial charge in [-0.05, 0) is 11.8 Å². The first-order chi connectivity index (χ1) is 12.1. The van der Waals surface area contributed by atoms with Gasteiger partial charge in [0.05, 0.1) is 18.1 Å². The van der Waals surface area contributed by atoms with Crippen molar-refractivity contribution in [1.29, 1.82) is 0 Å². The van der Waals surface area contributed by atoms with E-state index >= 15 is 0 Å². The summed E-state index contributed by atoms with van der Waals surface area (Å²) in [5, 5.41) is 11.4. The molecule has 1 unspecified atom stereocenters. The van der Waals surface area contributed by atoms with Gasteiger partial charge in [0.25, 0.3) is 11.6 Å². The summed E-state index contributed by atoms with van der Waals surface area (Å²) >= 11 is 0. The number of rotatable bonds is 5. The van der Waals surface area contributed by atoms with E-state index in [0.29, 0.717) is 19.5 Å². The first-order valence-electron chi connectivity index (χ1n) is 7.93. The molecule has 8 nitrogen and oxygen atoms in total. The van der Waals surface area contributed by atoms with Crippen LogP contribution < -0.4 is 15.2 Å². The number of ether oxygens (including phenoxy) is 2. The van der Waals surface area contributed by atoms with Crippen LogP contribution in [0.3, 0.4) is 0 Å². The predicted molar refractivity (Wildman–Crippen MR) is 95.8 cm³/mol. The minimum atomic E-state index is -3.19. The van der Waals surface area contributed by atoms with Gasteiger partial charge in [-0.15, -0.1) is 12.4 Å². The van der Waals surface area contributed by atoms with Crippen LogP contribution in [0.2, 0.25) is 0 Å². The molecule has 152 valence electrons. The molecule has 1 aromatic rings. The van der Waals surface area contributed by atoms with E-state index in [9.17, 15) is 23.7 Å². The number of hydrogen-bond donors (Lipinski definition) is 1. The maximum atomic E-state index is 12.9. The number of alkyl halides is 2. The number of carbonyl (C=O) groups is 1. The number of benzene rings is 1. The molecule has 27 heavy (non-hydrogen) atoms. The molecule has 11 heteroatoms. The van der Waals surface area contributed by atoms with E-state index < -0.39 is 28.9 Å². The highest BCUT2D eigenvalue weighted by atomic mass is 35.5. The van der Waals surface area contributed by atoms with Crippen LogP contribution in [0.5, 0.6) is 11.5 Å². The summed E-state index contributed by atoms with van der Waals surface area (Å²) in [5.41, 5.74) is 4.82. The van der Waals surface area contributed by atoms with Gasteiger partial charge in [-0.2, -0.15) is 8.78 Å². The van der Waals surface area contributed by atoms with Crippen molar-refractivity contribution in [3.8, 4) is 11.5 Å². The number of likely N-dealkylation sites (tertiary alicyclic amines) is 1. The number of carbonyl (C=O) groups excluding carboxylic acids is 1. The Morgan fingerprint density at radius 3 is 2.52 bits per heavy atom. The Kier molecular flexibility index (Phi) is 7.32. The second-order valence-corrected chi connectivity index (χ2v) is 6.77. The molecule has 1 aliphatic heterocycles. The maximum absolute atomic E-state index is 12.9. The van der Waals surface area contributed by atoms with Gasteiger partial charge in [0.1, 0.15) is 5.56 Å². The predicted octanol–water partition coefficient (Wildman–Crippen LogP) is 2.83. The zero-order valence-electron chi connectivity index (χ0n) is 15.1. The minimum Gasteiger partial charge on any atom is -0.493 e. The van der Waals surface area contributed by atoms with E-state index in [1.165, 1.54) is 12.0 Å². The fraction of sp³-hybridized carbons (Fsp3) is 0.562. The van der Waals surface area contributed by atoms with Crippen LogP contribution in [0.4, 0.5) is 14.5 Å². The number of hydrogen-bond acceptors (Lipinski definition) is 6. The molecule has 1 fully saturated rings. The third-order valence-corrected chi connectivity index (χ3v) is 4.52. The highest BCUT2D eigenvalue weighted by molar-refractivity contribution is 5.99. The van der Waals surface area contributed by atoms with Crippen molar-refractivity contribution in [3.63, 3.8) is 0 Å². The van der Waals surface area contributed by atoms with Crippen LogP contribution in [0.25, 0.3) is 0 Å². The lowest BCUT2D eigenvalue weighted by Crippen LogP contribution is -2.54. The average Bonchev–Trinajstić information content (AvgIpc) is 2.55. The Hall–Kier alpha value is -2.20. The van der Waals surface area contributed by atoms with Gasteiger partial charge in [0.2, 0.25) is 0 Å². The van der Waals surface area contributed by atoms with E-state index in [0.717, 1.165) is 12.1 Å². The molecule has 1 heterocycles. The van der Waals surface area contributed by atoms with Crippen molar-refractivity contribution >= 4 is 24.0 Å². The van der Waals surface area contributed by atoms with Gasteiger partial charge in [-0.25, -0.2) is 0 Å². The summed E-state index contributed by atoms with van der Waals surface area (Å²) in [6.07, 6.45) is 0.552. The van der Waals surface area contributed by atoms with Crippen molar-refractivity contribution in [2.24, 2.45) is 11.1 Å². The molecule has 0 spiro atoms. The summed E-state index contributed by atoms with van der Waals surface area (Å²) in [6.45, 7) is 1.30. The van der Waals surface area contributed by atoms with Crippen LogP contribution in [0.1, 0.15) is 30.6 Å². The van der Waals surface area contributed by atoms with Gasteiger partial charge < -0.3 is 20.1 Å². The average molecular weight is 410 g/mol. The number of nitrogens with zero attached hydrogens (tertiary/aromatic N) is 2. The third-order valence-electron chi connectivity index (χ3n) is 4.52. The molecule has 1 saturated heterocycles. The van der Waals surface area contributed by atoms with Gasteiger partial charge in [-0.1, -0.05) is 13.8 Å². The fourth-order valence-corrected chi connectivity index (χ4v) is 2.94. The Balaban J connectivity index is 0.00000364. The Morgan fingerprint density at radius 1 is 1.41 bits per heavy atom. The number of halogens is 3. The van der Waals surface area contributed by atoms with Crippen LogP contribution in [0.15, 0.2) is 12.1 Å². The van der Waals surface area contributed by atoms with Crippen LogP contribution >= 0.6 is 12.4 Å². The Bertz CT molecular complexity index is 718. The van der Waals surface area contributed by atoms with E-state index in [2.05, 4.69) is 4.74 Å². The molecule has 0 aromatic heterocycles. The second-order valence-electron chi connectivity index (χ2n) is 6.77. The van der Waals surface area contributed by atoms with Crippen molar-refractivity contribution < 1.29 is 28.0 Å². The van der Waals surface area contributed by atoms with Crippen LogP contribution in [0, 0.1) is 15.5 Å². The lowest BCUT2D eigenvalue weighted by molar-refractivity contribution is -0.385. The van der Waals surface area contributed by atoms with E-state index in [-0.39, 0.29) is 35.2 Å². The molecule has 1 aliphatic rings. The van der Waals surface area contributed by atoms with Crippen molar-refractivity contribution in [3.05, 3.63) is 27.8 Å². The monoisotopic (exact) mass is 409 g/mol. The highest BCUT2D eigenvalue weighted by Crippen LogP contribution is 2.37. The fourth-order valence-electron chi connectivity index (χ4n) is 2.94. The highest BCUT2D eigenvalue weighted by Gasteiger charge is 2.37. The molecule has 2 rings (SSSR count). The Labute approximate surface area is 161 Å². The maximum Gasteiger partial charge on any atom is 0.387 e. The number of amides is 1. The number of piperidine rings is 1. The smallest absolute Gasteiger partial charge is 0.387 e. The molecule has 1 atom stereocenters. The summed E-state index contributed by atoms with van der Waals surface area (Å²) in [4.78, 5) is 24.9. The zero-order valence-corrected chi connectivity index (χ0v) is 15.9. The number of nitro groups is 1. The number of nitrogens with two attached hydrogens (primary N) is 1. The van der Waals surface area contributed by atoms with Crippen LogP contribution in [-0.2, 0) is 0 Å². The van der Waals surface area contributed by atoms with E-state index in [1.54, 1.807) is 0 Å². The molecule has 2 N–H and O–H groups in total. The molecular formula is C16H22ClF2N3O5. The van der Waals surface area contributed by atoms with Crippen molar-refractivity contribution in [1.82, 2.24) is 4.90 Å². The summed E-state index contributed by atoms with van der Waals surface area (Å²) < 4.78 is 34.2. The molecule has 1 amide bonds. The van der Waals surface area contributed by atoms with Gasteiger partial charge in [0.15, 0.2) is 11.5 Å². The lowest BCUT2D eigenvalue weighted by Gasteiger charge is -2.42. The number of nitro benzene ring substituents is 1. The first-order valence-corrected chi connectivity index (χ1v) is 7.93. The van der Waals surface area contributed by atoms with Crippen molar-refractivity contribution in [2.45, 2.75) is 32.9 Å². The van der Waals surface area contributed by atoms with Crippen molar-refractivity contribution in [2.75, 3.05) is 20.2 Å². The standard InChI is InChI=1S/C16H21F2N3O5.ClH/c1-16(2)8-20(5-4-13(16)19)14(22)9-6-11(25-3)12(26-15(17)18)7-10(9)21(23)24;/h6-7,13,15H,4-5,8,19H2,1-3H3;1H. The molecule has 0 aliphatic carbocycles. The second kappa shape index (κ2) is 8.66. The lowest BCUT2D eigenvalue weighted by atomic mass is 9.79. The topological polar surface area (TPSA) is 108 Å². The van der Waals surface area contributed by atoms with Crippen LogP contribution in [-0.4, -0.2) is 48.6 Å². The SMILES string of the molecule is COc1cc(C(=O)N2CCC(N)C(C)(C)C2)c([N+](=O)[O-])cc1OC(F)F.Cl. The zero-order chi connectivity index (χ0) is 19.6. The largest absolute Gasteiger partial charge is 0.493 e. The quantitative estimate of drug-likeness (QED) is 0.591. The van der Waals surface area contributed by atoms with Gasteiger partial charge >= 0.3 is 6.61 Å². The minimum absolute atomic E-state index is 0.